The Kier molecular flexibility index (Phi) is 5.93. The van der Waals surface area contributed by atoms with Gasteiger partial charge in [-0.15, -0.1) is 0 Å². The lowest BCUT2D eigenvalue weighted by atomic mass is 10.0. The van der Waals surface area contributed by atoms with Crippen molar-refractivity contribution in [1.29, 1.82) is 0 Å². The molecule has 2 aromatic rings. The molecule has 0 fully saturated rings. The highest BCUT2D eigenvalue weighted by Crippen LogP contribution is 2.19. The van der Waals surface area contributed by atoms with Crippen molar-refractivity contribution in [3.05, 3.63) is 65.7 Å². The highest BCUT2D eigenvalue weighted by atomic mass is 32.2. The summed E-state index contributed by atoms with van der Waals surface area (Å²) in [4.78, 5) is 0.366. The third-order valence-electron chi connectivity index (χ3n) is 3.87. The third-order valence-corrected chi connectivity index (χ3v) is 5.78. The molecule has 0 heterocycles. The first-order valence-corrected chi connectivity index (χ1v) is 9.13. The van der Waals surface area contributed by atoms with Gasteiger partial charge in [0, 0.05) is 27.2 Å². The van der Waals surface area contributed by atoms with Gasteiger partial charge in [-0.3, -0.25) is 0 Å². The fourth-order valence-corrected chi connectivity index (χ4v) is 3.54. The van der Waals surface area contributed by atoms with Gasteiger partial charge in [-0.2, -0.15) is 0 Å². The molecule has 0 aromatic heterocycles. The lowest BCUT2D eigenvalue weighted by molar-refractivity contribution is 0.518. The Morgan fingerprint density at radius 3 is 2.26 bits per heavy atom. The van der Waals surface area contributed by atoms with Crippen LogP contribution >= 0.6 is 0 Å². The van der Waals surface area contributed by atoms with E-state index in [4.69, 9.17) is 0 Å². The standard InChI is InChI=1S/C18H24N2O2S/c1-15(16-9-5-4-6-10-16)13-19-14-17-11-7-8-12-18(17)23(21,22)20(2)3/h4-12,15,19H,13-14H2,1-3H3. The zero-order valence-corrected chi connectivity index (χ0v) is 14.7. The minimum absolute atomic E-state index is 0.366. The van der Waals surface area contributed by atoms with Crippen LogP contribution in [0, 0.1) is 0 Å². The van der Waals surface area contributed by atoms with E-state index in [1.165, 1.54) is 9.87 Å². The molecule has 2 rings (SSSR count). The van der Waals surface area contributed by atoms with Crippen molar-refractivity contribution in [2.75, 3.05) is 20.6 Å². The van der Waals surface area contributed by atoms with E-state index in [2.05, 4.69) is 24.4 Å². The summed E-state index contributed by atoms with van der Waals surface area (Å²) in [6, 6.07) is 17.4. The van der Waals surface area contributed by atoms with Crippen LogP contribution in [-0.2, 0) is 16.6 Å². The molecule has 1 N–H and O–H groups in total. The number of hydrogen-bond acceptors (Lipinski definition) is 3. The molecule has 0 spiro atoms. The fourth-order valence-electron chi connectivity index (χ4n) is 2.42. The van der Waals surface area contributed by atoms with Gasteiger partial charge in [0.15, 0.2) is 0 Å². The molecule has 0 aliphatic carbocycles. The molecule has 1 atom stereocenters. The Morgan fingerprint density at radius 2 is 1.61 bits per heavy atom. The number of sulfonamides is 1. The molecule has 0 saturated heterocycles. The molecule has 23 heavy (non-hydrogen) atoms. The highest BCUT2D eigenvalue weighted by molar-refractivity contribution is 7.89. The lowest BCUT2D eigenvalue weighted by Crippen LogP contribution is -2.25. The molecule has 1 unspecified atom stereocenters. The van der Waals surface area contributed by atoms with Crippen LogP contribution in [0.15, 0.2) is 59.5 Å². The molecule has 0 amide bonds. The summed E-state index contributed by atoms with van der Waals surface area (Å²) in [5, 5.41) is 3.37. The smallest absolute Gasteiger partial charge is 0.242 e. The number of hydrogen-bond donors (Lipinski definition) is 1. The second-order valence-corrected chi connectivity index (χ2v) is 7.96. The number of nitrogens with one attached hydrogen (secondary N) is 1. The van der Waals surface area contributed by atoms with Crippen molar-refractivity contribution in [2.24, 2.45) is 0 Å². The average molecular weight is 332 g/mol. The van der Waals surface area contributed by atoms with Gasteiger partial charge in [0.1, 0.15) is 0 Å². The van der Waals surface area contributed by atoms with Crippen LogP contribution in [0.5, 0.6) is 0 Å². The molecule has 0 bridgehead atoms. The van der Waals surface area contributed by atoms with Crippen LogP contribution in [0.1, 0.15) is 24.0 Å². The number of benzene rings is 2. The molecule has 0 aliphatic rings. The molecule has 124 valence electrons. The van der Waals surface area contributed by atoms with E-state index in [1.54, 1.807) is 26.2 Å². The third kappa shape index (κ3) is 4.41. The van der Waals surface area contributed by atoms with Gasteiger partial charge in [-0.05, 0) is 23.1 Å². The Morgan fingerprint density at radius 1 is 1.00 bits per heavy atom. The summed E-state index contributed by atoms with van der Waals surface area (Å²) in [5.41, 5.74) is 2.07. The second-order valence-electron chi connectivity index (χ2n) is 5.84. The lowest BCUT2D eigenvalue weighted by Gasteiger charge is -2.17. The van der Waals surface area contributed by atoms with Crippen molar-refractivity contribution in [3.8, 4) is 0 Å². The van der Waals surface area contributed by atoms with Crippen molar-refractivity contribution >= 4 is 10.0 Å². The van der Waals surface area contributed by atoms with Gasteiger partial charge in [0.05, 0.1) is 4.90 Å². The molecule has 0 radical (unpaired) electrons. The molecule has 2 aromatic carbocycles. The van der Waals surface area contributed by atoms with Gasteiger partial charge in [0.25, 0.3) is 0 Å². The van der Waals surface area contributed by atoms with Crippen LogP contribution in [0.3, 0.4) is 0 Å². The topological polar surface area (TPSA) is 49.4 Å². The monoisotopic (exact) mass is 332 g/mol. The van der Waals surface area contributed by atoms with Gasteiger partial charge >= 0.3 is 0 Å². The molecular formula is C18H24N2O2S. The maximum atomic E-state index is 12.4. The van der Waals surface area contributed by atoms with Crippen molar-refractivity contribution < 1.29 is 8.42 Å². The van der Waals surface area contributed by atoms with E-state index in [9.17, 15) is 8.42 Å². The maximum absolute atomic E-state index is 12.4. The van der Waals surface area contributed by atoms with Crippen molar-refractivity contribution in [2.45, 2.75) is 24.3 Å². The summed E-state index contributed by atoms with van der Waals surface area (Å²) >= 11 is 0. The van der Waals surface area contributed by atoms with Crippen LogP contribution in [0.4, 0.5) is 0 Å². The Balaban J connectivity index is 2.05. The molecule has 4 nitrogen and oxygen atoms in total. The van der Waals surface area contributed by atoms with Crippen LogP contribution < -0.4 is 5.32 Å². The zero-order chi connectivity index (χ0) is 16.9. The molecule has 5 heteroatoms. The van der Waals surface area contributed by atoms with E-state index >= 15 is 0 Å². The minimum atomic E-state index is -3.42. The molecule has 0 aliphatic heterocycles. The first kappa shape index (κ1) is 17.7. The van der Waals surface area contributed by atoms with E-state index in [0.717, 1.165) is 12.1 Å². The van der Waals surface area contributed by atoms with E-state index in [-0.39, 0.29) is 0 Å². The summed E-state index contributed by atoms with van der Waals surface area (Å²) in [5.74, 6) is 0.369. The predicted molar refractivity (Wildman–Crippen MR) is 93.9 cm³/mol. The Labute approximate surface area is 139 Å². The van der Waals surface area contributed by atoms with E-state index < -0.39 is 10.0 Å². The molecule has 0 saturated carbocycles. The first-order valence-electron chi connectivity index (χ1n) is 7.69. The largest absolute Gasteiger partial charge is 0.312 e. The Hall–Kier alpha value is -1.69. The van der Waals surface area contributed by atoms with Gasteiger partial charge in [-0.25, -0.2) is 12.7 Å². The normalized spacial score (nSPS) is 13.2. The maximum Gasteiger partial charge on any atom is 0.242 e. The zero-order valence-electron chi connectivity index (χ0n) is 13.9. The molecular weight excluding hydrogens is 308 g/mol. The van der Waals surface area contributed by atoms with Crippen LogP contribution in [-0.4, -0.2) is 33.4 Å². The SMILES string of the molecule is CC(CNCc1ccccc1S(=O)(=O)N(C)C)c1ccccc1. The average Bonchev–Trinajstić information content (AvgIpc) is 2.55. The summed E-state index contributed by atoms with van der Waals surface area (Å²) < 4.78 is 26.0. The number of rotatable bonds is 7. The number of nitrogens with zero attached hydrogens (tertiary/aromatic N) is 1. The fraction of sp³-hybridized carbons (Fsp3) is 0.333. The van der Waals surface area contributed by atoms with Crippen molar-refractivity contribution in [1.82, 2.24) is 9.62 Å². The van der Waals surface area contributed by atoms with Gasteiger partial charge in [-0.1, -0.05) is 55.5 Å². The van der Waals surface area contributed by atoms with E-state index in [0.29, 0.717) is 17.4 Å². The van der Waals surface area contributed by atoms with Crippen molar-refractivity contribution in [3.63, 3.8) is 0 Å². The summed E-state index contributed by atoms with van der Waals surface area (Å²) in [7, 11) is -0.312. The van der Waals surface area contributed by atoms with Gasteiger partial charge < -0.3 is 5.32 Å². The second kappa shape index (κ2) is 7.73. The minimum Gasteiger partial charge on any atom is -0.312 e. The summed E-state index contributed by atoms with van der Waals surface area (Å²) in [6.07, 6.45) is 0. The predicted octanol–water partition coefficient (Wildman–Crippen LogP) is 2.83. The highest BCUT2D eigenvalue weighted by Gasteiger charge is 2.20. The van der Waals surface area contributed by atoms with Gasteiger partial charge in [0.2, 0.25) is 10.0 Å². The Bertz CT molecular complexity index is 728. The van der Waals surface area contributed by atoms with Crippen LogP contribution in [0.2, 0.25) is 0 Å². The summed E-state index contributed by atoms with van der Waals surface area (Å²) in [6.45, 7) is 3.48. The quantitative estimate of drug-likeness (QED) is 0.848. The first-order chi connectivity index (χ1) is 10.9. The van der Waals surface area contributed by atoms with E-state index in [1.807, 2.05) is 30.3 Å². The van der Waals surface area contributed by atoms with Crippen LogP contribution in [0.25, 0.3) is 0 Å².